The smallest absolute Gasteiger partial charge is 0.184 e. The molecule has 0 aromatic heterocycles. The van der Waals surface area contributed by atoms with Crippen molar-refractivity contribution in [2.75, 3.05) is 7.11 Å². The van der Waals surface area contributed by atoms with E-state index in [9.17, 15) is 0 Å². The third kappa shape index (κ3) is 11.0. The molecule has 0 heterocycles. The second-order valence-electron chi connectivity index (χ2n) is 8.85. The Bertz CT molecular complexity index is 693. The second-order valence-corrected chi connectivity index (χ2v) is 18.1. The minimum absolute atomic E-state index is 0.146. The fourth-order valence-corrected chi connectivity index (χ4v) is 4.28. The zero-order valence-electron chi connectivity index (χ0n) is 18.3. The van der Waals surface area contributed by atoms with Gasteiger partial charge in [-0.2, -0.15) is 0 Å². The first-order valence-corrected chi connectivity index (χ1v) is 16.6. The van der Waals surface area contributed by atoms with E-state index in [4.69, 9.17) is 9.16 Å². The number of allylic oxidation sites excluding steroid dienone is 2. The summed E-state index contributed by atoms with van der Waals surface area (Å²) in [5.41, 5.74) is 5.87. The largest absolute Gasteiger partial charge is 0.497 e. The van der Waals surface area contributed by atoms with Gasteiger partial charge in [0, 0.05) is 6.42 Å². The van der Waals surface area contributed by atoms with E-state index in [-0.39, 0.29) is 6.10 Å². The molecule has 2 nitrogen and oxygen atoms in total. The fraction of sp³-hybridized carbons (Fsp3) is 0.478. The Morgan fingerprint density at radius 3 is 2.22 bits per heavy atom. The van der Waals surface area contributed by atoms with E-state index in [0.717, 1.165) is 24.2 Å². The molecule has 0 saturated heterocycles. The number of rotatable bonds is 8. The molecule has 1 aromatic rings. The summed E-state index contributed by atoms with van der Waals surface area (Å²) < 4.78 is 11.6. The minimum Gasteiger partial charge on any atom is -0.497 e. The summed E-state index contributed by atoms with van der Waals surface area (Å²) in [4.78, 5) is 0. The van der Waals surface area contributed by atoms with Crippen molar-refractivity contribution in [3.8, 4) is 17.2 Å². The molecule has 0 bridgehead atoms. The van der Waals surface area contributed by atoms with E-state index in [1.54, 1.807) is 7.11 Å². The molecule has 0 aliphatic rings. The standard InChI is InChI=1S/C23H36O2Si2/c1-20(12-11-13-21-15-17-22(24-2)18-16-21)23(25-27(6,7)8)14-9-10-19-26(3,4)5/h11-13,15-18,23H,9,14H2,1-8H3/b13-11+,20-12-. The number of ether oxygens (including phenoxy) is 1. The highest BCUT2D eigenvalue weighted by Crippen LogP contribution is 2.19. The minimum atomic E-state index is -1.61. The molecule has 0 N–H and O–H groups in total. The summed E-state index contributed by atoms with van der Waals surface area (Å²) in [7, 11) is -1.22. The Hall–Kier alpha value is -1.55. The number of hydrogen-bond donors (Lipinski definition) is 0. The summed E-state index contributed by atoms with van der Waals surface area (Å²) >= 11 is 0. The molecule has 148 valence electrons. The lowest BCUT2D eigenvalue weighted by Gasteiger charge is -2.26. The van der Waals surface area contributed by atoms with Crippen molar-refractivity contribution in [1.82, 2.24) is 0 Å². The molecule has 4 heteroatoms. The SMILES string of the molecule is COc1ccc(/C=C/C=C(/C)C(CCC#C[Si](C)(C)C)O[Si](C)(C)C)cc1. The van der Waals surface area contributed by atoms with E-state index in [0.29, 0.717) is 0 Å². The summed E-state index contributed by atoms with van der Waals surface area (Å²) in [6.07, 6.45) is 8.38. The lowest BCUT2D eigenvalue weighted by atomic mass is 10.1. The third-order valence-electron chi connectivity index (χ3n) is 3.76. The Morgan fingerprint density at radius 1 is 1.07 bits per heavy atom. The van der Waals surface area contributed by atoms with Crippen LogP contribution in [-0.2, 0) is 4.43 Å². The third-order valence-corrected chi connectivity index (χ3v) is 5.68. The van der Waals surface area contributed by atoms with Crippen LogP contribution in [0.3, 0.4) is 0 Å². The van der Waals surface area contributed by atoms with E-state index >= 15 is 0 Å². The topological polar surface area (TPSA) is 18.5 Å². The molecule has 1 rings (SSSR count). The van der Waals surface area contributed by atoms with E-state index in [1.807, 2.05) is 12.1 Å². The zero-order chi connectivity index (χ0) is 20.5. The highest BCUT2D eigenvalue weighted by Gasteiger charge is 2.21. The predicted octanol–water partition coefficient (Wildman–Crippen LogP) is 6.54. The van der Waals surface area contributed by atoms with Gasteiger partial charge in [0.2, 0.25) is 0 Å². The maximum Gasteiger partial charge on any atom is 0.184 e. The van der Waals surface area contributed by atoms with Gasteiger partial charge in [0.15, 0.2) is 8.32 Å². The summed E-state index contributed by atoms with van der Waals surface area (Å²) in [5, 5.41) is 0. The molecule has 1 atom stereocenters. The molecule has 0 spiro atoms. The summed E-state index contributed by atoms with van der Waals surface area (Å²) in [6, 6.07) is 8.07. The van der Waals surface area contributed by atoms with Gasteiger partial charge in [-0.1, -0.05) is 50.0 Å². The van der Waals surface area contributed by atoms with Crippen molar-refractivity contribution < 1.29 is 9.16 Å². The van der Waals surface area contributed by atoms with Gasteiger partial charge >= 0.3 is 0 Å². The fourth-order valence-electron chi connectivity index (χ4n) is 2.47. The van der Waals surface area contributed by atoms with Crippen LogP contribution in [0.1, 0.15) is 25.3 Å². The molecular formula is C23H36O2Si2. The average molecular weight is 401 g/mol. The van der Waals surface area contributed by atoms with Crippen LogP contribution >= 0.6 is 0 Å². The Morgan fingerprint density at radius 2 is 1.70 bits per heavy atom. The maximum absolute atomic E-state index is 6.43. The zero-order valence-corrected chi connectivity index (χ0v) is 20.3. The molecule has 1 unspecified atom stereocenters. The van der Waals surface area contributed by atoms with Gasteiger partial charge < -0.3 is 9.16 Å². The van der Waals surface area contributed by atoms with Crippen LogP contribution < -0.4 is 4.74 Å². The van der Waals surface area contributed by atoms with Crippen molar-refractivity contribution in [1.29, 1.82) is 0 Å². The molecule has 0 aliphatic carbocycles. The normalized spacial score (nSPS) is 14.0. The van der Waals surface area contributed by atoms with Crippen LogP contribution in [0.5, 0.6) is 5.75 Å². The number of benzene rings is 1. The Kier molecular flexibility index (Phi) is 9.31. The predicted molar refractivity (Wildman–Crippen MR) is 124 cm³/mol. The average Bonchev–Trinajstić information content (AvgIpc) is 2.56. The first-order chi connectivity index (χ1) is 12.5. The van der Waals surface area contributed by atoms with Crippen LogP contribution in [-0.4, -0.2) is 29.6 Å². The highest BCUT2D eigenvalue weighted by molar-refractivity contribution is 6.83. The molecule has 27 heavy (non-hydrogen) atoms. The second kappa shape index (κ2) is 10.7. The van der Waals surface area contributed by atoms with Gasteiger partial charge in [-0.25, -0.2) is 0 Å². The number of hydrogen-bond acceptors (Lipinski definition) is 2. The first kappa shape index (κ1) is 23.5. The van der Waals surface area contributed by atoms with Crippen LogP contribution in [0.15, 0.2) is 42.0 Å². The van der Waals surface area contributed by atoms with Crippen molar-refractivity contribution in [2.24, 2.45) is 0 Å². The summed E-state index contributed by atoms with van der Waals surface area (Å²) in [5.74, 6) is 4.26. The van der Waals surface area contributed by atoms with E-state index < -0.39 is 16.4 Å². The lowest BCUT2D eigenvalue weighted by Crippen LogP contribution is -2.32. The van der Waals surface area contributed by atoms with Crippen LogP contribution in [0.2, 0.25) is 39.3 Å². The van der Waals surface area contributed by atoms with Gasteiger partial charge in [-0.3, -0.25) is 0 Å². The molecule has 0 radical (unpaired) electrons. The monoisotopic (exact) mass is 400 g/mol. The van der Waals surface area contributed by atoms with Gasteiger partial charge in [0.25, 0.3) is 0 Å². The molecule has 0 saturated carbocycles. The molecule has 1 aromatic carbocycles. The van der Waals surface area contributed by atoms with Gasteiger partial charge in [0.1, 0.15) is 13.8 Å². The van der Waals surface area contributed by atoms with Crippen molar-refractivity contribution in [3.63, 3.8) is 0 Å². The van der Waals surface area contributed by atoms with Crippen molar-refractivity contribution >= 4 is 22.5 Å². The van der Waals surface area contributed by atoms with Gasteiger partial charge in [-0.05, 0) is 56.3 Å². The van der Waals surface area contributed by atoms with Crippen LogP contribution in [0.4, 0.5) is 0 Å². The molecule has 0 amide bonds. The van der Waals surface area contributed by atoms with E-state index in [2.05, 4.69) is 88.0 Å². The van der Waals surface area contributed by atoms with E-state index in [1.165, 1.54) is 5.57 Å². The molecule has 0 fully saturated rings. The highest BCUT2D eigenvalue weighted by atomic mass is 28.4. The molecule has 0 aliphatic heterocycles. The maximum atomic E-state index is 6.43. The van der Waals surface area contributed by atoms with Crippen molar-refractivity contribution in [2.45, 2.75) is 65.2 Å². The van der Waals surface area contributed by atoms with Crippen LogP contribution in [0, 0.1) is 11.5 Å². The van der Waals surface area contributed by atoms with Gasteiger partial charge in [-0.15, -0.1) is 11.5 Å². The number of methoxy groups -OCH3 is 1. The Balaban J connectivity index is 2.80. The van der Waals surface area contributed by atoms with Crippen molar-refractivity contribution in [3.05, 3.63) is 47.6 Å². The summed E-state index contributed by atoms with van der Waals surface area (Å²) in [6.45, 7) is 15.7. The van der Waals surface area contributed by atoms with Crippen LogP contribution in [0.25, 0.3) is 6.08 Å². The quantitative estimate of drug-likeness (QED) is 0.280. The van der Waals surface area contributed by atoms with Gasteiger partial charge in [0.05, 0.1) is 13.2 Å². The molecular weight excluding hydrogens is 364 g/mol. The first-order valence-electron chi connectivity index (χ1n) is 9.67. The Labute approximate surface area is 168 Å². The lowest BCUT2D eigenvalue weighted by molar-refractivity contribution is 0.221.